The highest BCUT2D eigenvalue weighted by Crippen LogP contribution is 2.26. The van der Waals surface area contributed by atoms with Gasteiger partial charge in [-0.3, -0.25) is 0 Å². The van der Waals surface area contributed by atoms with Crippen molar-refractivity contribution in [2.24, 2.45) is 5.41 Å². The van der Waals surface area contributed by atoms with Crippen molar-refractivity contribution in [1.82, 2.24) is 0 Å². The molecule has 0 heterocycles. The van der Waals surface area contributed by atoms with Crippen molar-refractivity contribution in [3.05, 3.63) is 12.7 Å². The average molecular weight is 152 g/mol. The van der Waals surface area contributed by atoms with Gasteiger partial charge in [-0.2, -0.15) is 0 Å². The van der Waals surface area contributed by atoms with Crippen LogP contribution in [0.5, 0.6) is 0 Å². The van der Waals surface area contributed by atoms with Crippen molar-refractivity contribution in [1.29, 1.82) is 0 Å². The summed E-state index contributed by atoms with van der Waals surface area (Å²) in [5.74, 6) is 2.56. The first kappa shape index (κ1) is 10.3. The molecule has 0 rings (SSSR count). The molecule has 1 atom stereocenters. The molecule has 0 bridgehead atoms. The summed E-state index contributed by atoms with van der Waals surface area (Å²) in [5, 5.41) is 9.43. The standard InChI is InChI=1S/C10H16O/c1-5-7-8-10(3,4)9(11)6-2/h1,6,9,11H,2,7-8H2,3-4H3. The van der Waals surface area contributed by atoms with E-state index in [2.05, 4.69) is 12.5 Å². The molecular formula is C10H16O. The highest BCUT2D eigenvalue weighted by Gasteiger charge is 2.24. The van der Waals surface area contributed by atoms with Crippen molar-refractivity contribution in [2.45, 2.75) is 32.8 Å². The Labute approximate surface area is 69.1 Å². The van der Waals surface area contributed by atoms with Gasteiger partial charge in [0.15, 0.2) is 0 Å². The quantitative estimate of drug-likeness (QED) is 0.482. The van der Waals surface area contributed by atoms with E-state index in [9.17, 15) is 5.11 Å². The second-order valence-electron chi connectivity index (χ2n) is 3.37. The molecule has 0 aromatic carbocycles. The molecule has 0 radical (unpaired) electrons. The van der Waals surface area contributed by atoms with Crippen molar-refractivity contribution >= 4 is 0 Å². The molecule has 0 saturated carbocycles. The van der Waals surface area contributed by atoms with Crippen LogP contribution in [-0.4, -0.2) is 11.2 Å². The normalized spacial score (nSPS) is 13.6. The molecule has 0 aliphatic heterocycles. The van der Waals surface area contributed by atoms with Crippen LogP contribution in [0.1, 0.15) is 26.7 Å². The molecule has 0 spiro atoms. The SMILES string of the molecule is C#CCCC(C)(C)C(O)C=C. The van der Waals surface area contributed by atoms with Gasteiger partial charge in [-0.05, 0) is 11.8 Å². The smallest absolute Gasteiger partial charge is 0.0769 e. The molecule has 0 aromatic rings. The molecule has 62 valence electrons. The Bertz CT molecular complexity index is 162. The summed E-state index contributed by atoms with van der Waals surface area (Å²) in [6, 6.07) is 0. The summed E-state index contributed by atoms with van der Waals surface area (Å²) in [6.07, 6.45) is 7.75. The van der Waals surface area contributed by atoms with E-state index in [4.69, 9.17) is 6.42 Å². The molecule has 0 aliphatic carbocycles. The monoisotopic (exact) mass is 152 g/mol. The molecule has 0 aliphatic rings. The van der Waals surface area contributed by atoms with E-state index in [0.717, 1.165) is 6.42 Å². The Balaban J connectivity index is 3.99. The third kappa shape index (κ3) is 3.25. The van der Waals surface area contributed by atoms with Gasteiger partial charge in [0.25, 0.3) is 0 Å². The molecule has 0 fully saturated rings. The lowest BCUT2D eigenvalue weighted by Crippen LogP contribution is -2.26. The zero-order chi connectivity index (χ0) is 8.91. The van der Waals surface area contributed by atoms with Crippen LogP contribution in [0.25, 0.3) is 0 Å². The van der Waals surface area contributed by atoms with Crippen LogP contribution in [0, 0.1) is 17.8 Å². The Morgan fingerprint density at radius 2 is 2.27 bits per heavy atom. The number of aliphatic hydroxyl groups is 1. The van der Waals surface area contributed by atoms with Gasteiger partial charge in [0.2, 0.25) is 0 Å². The highest BCUT2D eigenvalue weighted by atomic mass is 16.3. The van der Waals surface area contributed by atoms with Gasteiger partial charge < -0.3 is 5.11 Å². The van der Waals surface area contributed by atoms with Gasteiger partial charge in [0.1, 0.15) is 0 Å². The van der Waals surface area contributed by atoms with Gasteiger partial charge in [-0.15, -0.1) is 18.9 Å². The van der Waals surface area contributed by atoms with Crippen molar-refractivity contribution in [3.63, 3.8) is 0 Å². The van der Waals surface area contributed by atoms with Crippen LogP contribution < -0.4 is 0 Å². The highest BCUT2D eigenvalue weighted by molar-refractivity contribution is 4.94. The lowest BCUT2D eigenvalue weighted by atomic mass is 9.82. The first-order valence-electron chi connectivity index (χ1n) is 3.78. The van der Waals surface area contributed by atoms with E-state index in [-0.39, 0.29) is 5.41 Å². The lowest BCUT2D eigenvalue weighted by molar-refractivity contribution is 0.0851. The summed E-state index contributed by atoms with van der Waals surface area (Å²) >= 11 is 0. The van der Waals surface area contributed by atoms with E-state index < -0.39 is 6.10 Å². The number of aliphatic hydroxyl groups excluding tert-OH is 1. The average Bonchev–Trinajstić information content (AvgIpc) is 1.99. The van der Waals surface area contributed by atoms with E-state index >= 15 is 0 Å². The van der Waals surface area contributed by atoms with Crippen LogP contribution in [0.4, 0.5) is 0 Å². The molecule has 1 nitrogen and oxygen atoms in total. The minimum absolute atomic E-state index is 0.145. The Morgan fingerprint density at radius 1 is 1.73 bits per heavy atom. The van der Waals surface area contributed by atoms with Crippen molar-refractivity contribution in [3.8, 4) is 12.3 Å². The fourth-order valence-corrected chi connectivity index (χ4v) is 0.861. The summed E-state index contributed by atoms with van der Waals surface area (Å²) in [7, 11) is 0. The number of hydrogen-bond donors (Lipinski definition) is 1. The Kier molecular flexibility index (Phi) is 3.92. The molecule has 0 aromatic heterocycles. The van der Waals surface area contributed by atoms with E-state index in [1.807, 2.05) is 13.8 Å². The summed E-state index contributed by atoms with van der Waals surface area (Å²) in [5.41, 5.74) is -0.145. The van der Waals surface area contributed by atoms with Crippen LogP contribution in [-0.2, 0) is 0 Å². The zero-order valence-electron chi connectivity index (χ0n) is 7.30. The zero-order valence-corrected chi connectivity index (χ0v) is 7.30. The number of hydrogen-bond acceptors (Lipinski definition) is 1. The number of rotatable bonds is 4. The van der Waals surface area contributed by atoms with Crippen LogP contribution >= 0.6 is 0 Å². The van der Waals surface area contributed by atoms with Crippen LogP contribution in [0.2, 0.25) is 0 Å². The summed E-state index contributed by atoms with van der Waals surface area (Å²) in [4.78, 5) is 0. The van der Waals surface area contributed by atoms with Gasteiger partial charge in [0.05, 0.1) is 6.10 Å². The van der Waals surface area contributed by atoms with Crippen LogP contribution in [0.3, 0.4) is 0 Å². The van der Waals surface area contributed by atoms with E-state index in [1.165, 1.54) is 0 Å². The van der Waals surface area contributed by atoms with Gasteiger partial charge >= 0.3 is 0 Å². The first-order chi connectivity index (χ1) is 5.04. The van der Waals surface area contributed by atoms with Crippen molar-refractivity contribution < 1.29 is 5.11 Å². The van der Waals surface area contributed by atoms with Gasteiger partial charge in [-0.25, -0.2) is 0 Å². The topological polar surface area (TPSA) is 20.2 Å². The molecule has 0 saturated heterocycles. The Hall–Kier alpha value is -0.740. The predicted molar refractivity (Wildman–Crippen MR) is 48.1 cm³/mol. The molecule has 11 heavy (non-hydrogen) atoms. The lowest BCUT2D eigenvalue weighted by Gasteiger charge is -2.27. The van der Waals surface area contributed by atoms with Gasteiger partial charge in [-0.1, -0.05) is 19.9 Å². The number of terminal acetylenes is 1. The molecule has 1 unspecified atom stereocenters. The summed E-state index contributed by atoms with van der Waals surface area (Å²) in [6.45, 7) is 7.50. The third-order valence-corrected chi connectivity index (χ3v) is 1.94. The molecule has 1 heteroatoms. The maximum atomic E-state index is 9.43. The van der Waals surface area contributed by atoms with E-state index in [1.54, 1.807) is 6.08 Å². The Morgan fingerprint density at radius 3 is 2.64 bits per heavy atom. The maximum Gasteiger partial charge on any atom is 0.0769 e. The minimum atomic E-state index is -0.462. The molecule has 1 N–H and O–H groups in total. The first-order valence-corrected chi connectivity index (χ1v) is 3.78. The molecular weight excluding hydrogens is 136 g/mol. The third-order valence-electron chi connectivity index (χ3n) is 1.94. The molecule has 0 amide bonds. The second-order valence-corrected chi connectivity index (χ2v) is 3.37. The fraction of sp³-hybridized carbons (Fsp3) is 0.600. The fourth-order valence-electron chi connectivity index (χ4n) is 0.861. The maximum absolute atomic E-state index is 9.43. The van der Waals surface area contributed by atoms with E-state index in [0.29, 0.717) is 6.42 Å². The van der Waals surface area contributed by atoms with Crippen LogP contribution in [0.15, 0.2) is 12.7 Å². The summed E-state index contributed by atoms with van der Waals surface area (Å²) < 4.78 is 0. The minimum Gasteiger partial charge on any atom is -0.388 e. The largest absolute Gasteiger partial charge is 0.388 e. The van der Waals surface area contributed by atoms with Gasteiger partial charge in [0, 0.05) is 6.42 Å². The predicted octanol–water partition coefficient (Wildman–Crippen LogP) is 1.97. The van der Waals surface area contributed by atoms with Crippen molar-refractivity contribution in [2.75, 3.05) is 0 Å². The second kappa shape index (κ2) is 4.20.